The molecule has 0 nitrogen and oxygen atoms in total. The van der Waals surface area contributed by atoms with Gasteiger partial charge in [0.25, 0.3) is 0 Å². The van der Waals surface area contributed by atoms with Crippen molar-refractivity contribution < 1.29 is 0 Å². The molecule has 0 amide bonds. The summed E-state index contributed by atoms with van der Waals surface area (Å²) in [4.78, 5) is 0. The average Bonchev–Trinajstić information content (AvgIpc) is 2.48. The van der Waals surface area contributed by atoms with Crippen LogP contribution in [0.2, 0.25) is 0 Å². The zero-order chi connectivity index (χ0) is 14.6. The van der Waals surface area contributed by atoms with Crippen LogP contribution >= 0.6 is 0 Å². The van der Waals surface area contributed by atoms with Gasteiger partial charge in [-0.3, -0.25) is 0 Å². The highest BCUT2D eigenvalue weighted by Crippen LogP contribution is 2.21. The van der Waals surface area contributed by atoms with E-state index in [4.69, 9.17) is 0 Å². The fourth-order valence-electron chi connectivity index (χ4n) is 3.05. The Labute approximate surface area is 127 Å². The summed E-state index contributed by atoms with van der Waals surface area (Å²) < 4.78 is 0. The maximum Gasteiger partial charge on any atom is -0.0273 e. The fourth-order valence-corrected chi connectivity index (χ4v) is 3.05. The van der Waals surface area contributed by atoms with Gasteiger partial charge in [0, 0.05) is 0 Å². The van der Waals surface area contributed by atoms with Crippen LogP contribution in [-0.4, -0.2) is 0 Å². The van der Waals surface area contributed by atoms with Crippen LogP contribution in [0.5, 0.6) is 0 Å². The maximum absolute atomic E-state index is 2.38. The highest BCUT2D eigenvalue weighted by molar-refractivity contribution is 5.35. The Morgan fingerprint density at radius 2 is 1.25 bits per heavy atom. The molecule has 0 aliphatic heterocycles. The molecule has 0 aliphatic carbocycles. The topological polar surface area (TPSA) is 0 Å². The molecule has 0 atom stereocenters. The van der Waals surface area contributed by atoms with Gasteiger partial charge in [0.2, 0.25) is 0 Å². The van der Waals surface area contributed by atoms with Gasteiger partial charge in [-0.2, -0.15) is 0 Å². The Morgan fingerprint density at radius 1 is 0.650 bits per heavy atom. The van der Waals surface area contributed by atoms with E-state index in [0.717, 1.165) is 0 Å². The van der Waals surface area contributed by atoms with Crippen molar-refractivity contribution in [1.82, 2.24) is 0 Å². The first-order chi connectivity index (χ1) is 9.83. The Hall–Kier alpha value is -0.780. The second-order valence-corrected chi connectivity index (χ2v) is 6.03. The minimum absolute atomic E-state index is 1.19. The lowest BCUT2D eigenvalue weighted by Gasteiger charge is -2.14. The number of rotatable bonds is 11. The van der Waals surface area contributed by atoms with Crippen molar-refractivity contribution in [2.75, 3.05) is 0 Å². The third-order valence-electron chi connectivity index (χ3n) is 4.33. The van der Waals surface area contributed by atoms with E-state index in [1.165, 1.54) is 70.6 Å². The van der Waals surface area contributed by atoms with Gasteiger partial charge in [0.05, 0.1) is 0 Å². The monoisotopic (exact) mass is 274 g/mol. The van der Waals surface area contributed by atoms with Gasteiger partial charge in [-0.15, -0.1) is 0 Å². The molecule has 0 aromatic heterocycles. The van der Waals surface area contributed by atoms with Gasteiger partial charge < -0.3 is 0 Å². The van der Waals surface area contributed by atoms with Crippen molar-refractivity contribution in [2.45, 2.75) is 91.4 Å². The van der Waals surface area contributed by atoms with E-state index in [1.54, 1.807) is 16.7 Å². The van der Waals surface area contributed by atoms with Crippen LogP contribution in [0.25, 0.3) is 0 Å². The maximum atomic E-state index is 2.38. The van der Waals surface area contributed by atoms with Crippen LogP contribution in [0.1, 0.15) is 88.8 Å². The molecule has 20 heavy (non-hydrogen) atoms. The van der Waals surface area contributed by atoms with E-state index in [2.05, 4.69) is 39.0 Å². The molecule has 1 rings (SSSR count). The molecule has 0 N–H and O–H groups in total. The van der Waals surface area contributed by atoms with Crippen molar-refractivity contribution in [3.05, 3.63) is 34.9 Å². The minimum Gasteiger partial charge on any atom is -0.0654 e. The SMILES string of the molecule is CCCCCCCc1cccc(CC)c1CCCCC. The van der Waals surface area contributed by atoms with E-state index >= 15 is 0 Å². The molecule has 0 aliphatic rings. The molecular weight excluding hydrogens is 240 g/mol. The zero-order valence-electron chi connectivity index (χ0n) is 14.0. The molecule has 0 spiro atoms. The Bertz CT molecular complexity index is 351. The first-order valence-corrected chi connectivity index (χ1v) is 8.93. The molecule has 0 heteroatoms. The number of hydrogen-bond donors (Lipinski definition) is 0. The number of hydrogen-bond acceptors (Lipinski definition) is 0. The summed E-state index contributed by atoms with van der Waals surface area (Å²) in [7, 11) is 0. The Balaban J connectivity index is 2.58. The van der Waals surface area contributed by atoms with Crippen molar-refractivity contribution in [3.63, 3.8) is 0 Å². The molecule has 1 aromatic rings. The minimum atomic E-state index is 1.19. The summed E-state index contributed by atoms with van der Waals surface area (Å²) in [6, 6.07) is 6.98. The van der Waals surface area contributed by atoms with E-state index in [1.807, 2.05) is 0 Å². The van der Waals surface area contributed by atoms with Gasteiger partial charge >= 0.3 is 0 Å². The summed E-state index contributed by atoms with van der Waals surface area (Å²) in [6.45, 7) is 6.88. The molecule has 0 heterocycles. The highest BCUT2D eigenvalue weighted by atomic mass is 14.1. The molecule has 0 saturated carbocycles. The number of benzene rings is 1. The number of unbranched alkanes of at least 4 members (excludes halogenated alkanes) is 6. The fraction of sp³-hybridized carbons (Fsp3) is 0.700. The molecule has 0 fully saturated rings. The summed E-state index contributed by atoms with van der Waals surface area (Å²) in [5, 5.41) is 0. The first kappa shape index (κ1) is 17.3. The lowest BCUT2D eigenvalue weighted by molar-refractivity contribution is 0.628. The Morgan fingerprint density at radius 3 is 1.95 bits per heavy atom. The van der Waals surface area contributed by atoms with Crippen molar-refractivity contribution in [3.8, 4) is 0 Å². The summed E-state index contributed by atoms with van der Waals surface area (Å²) >= 11 is 0. The van der Waals surface area contributed by atoms with E-state index in [-0.39, 0.29) is 0 Å². The normalized spacial score (nSPS) is 10.9. The molecular formula is C20H34. The van der Waals surface area contributed by atoms with Gasteiger partial charge in [-0.05, 0) is 48.8 Å². The number of aryl methyl sites for hydroxylation is 2. The predicted octanol–water partition coefficient (Wildman–Crippen LogP) is 6.49. The quantitative estimate of drug-likeness (QED) is 0.404. The third-order valence-corrected chi connectivity index (χ3v) is 4.33. The summed E-state index contributed by atoms with van der Waals surface area (Å²) in [5.41, 5.74) is 4.91. The first-order valence-electron chi connectivity index (χ1n) is 8.93. The van der Waals surface area contributed by atoms with E-state index in [9.17, 15) is 0 Å². The standard InChI is InChI=1S/C20H34/c1-4-7-9-10-12-14-19-16-13-15-18(6-3)20(19)17-11-8-5-2/h13,15-16H,4-12,14,17H2,1-3H3. The molecule has 0 bridgehead atoms. The Kier molecular flexibility index (Phi) is 9.45. The van der Waals surface area contributed by atoms with Crippen LogP contribution < -0.4 is 0 Å². The van der Waals surface area contributed by atoms with Crippen molar-refractivity contribution in [1.29, 1.82) is 0 Å². The van der Waals surface area contributed by atoms with E-state index in [0.29, 0.717) is 0 Å². The second-order valence-electron chi connectivity index (χ2n) is 6.03. The molecule has 0 unspecified atom stereocenters. The predicted molar refractivity (Wildman–Crippen MR) is 91.5 cm³/mol. The summed E-state index contributed by atoms with van der Waals surface area (Å²) in [6.07, 6.45) is 14.7. The van der Waals surface area contributed by atoms with Crippen molar-refractivity contribution >= 4 is 0 Å². The van der Waals surface area contributed by atoms with Crippen LogP contribution in [0.15, 0.2) is 18.2 Å². The lowest BCUT2D eigenvalue weighted by atomic mass is 9.91. The van der Waals surface area contributed by atoms with Crippen molar-refractivity contribution in [2.24, 2.45) is 0 Å². The second kappa shape index (κ2) is 10.9. The smallest absolute Gasteiger partial charge is 0.0273 e. The molecule has 0 saturated heterocycles. The third kappa shape index (κ3) is 6.11. The lowest BCUT2D eigenvalue weighted by Crippen LogP contribution is -2.00. The van der Waals surface area contributed by atoms with Gasteiger partial charge in [-0.1, -0.05) is 77.5 Å². The summed E-state index contributed by atoms with van der Waals surface area (Å²) in [5.74, 6) is 0. The van der Waals surface area contributed by atoms with Crippen LogP contribution in [0.4, 0.5) is 0 Å². The van der Waals surface area contributed by atoms with E-state index < -0.39 is 0 Å². The molecule has 1 aromatic carbocycles. The average molecular weight is 274 g/mol. The van der Waals surface area contributed by atoms with Gasteiger partial charge in [0.1, 0.15) is 0 Å². The van der Waals surface area contributed by atoms with Crippen LogP contribution in [0.3, 0.4) is 0 Å². The van der Waals surface area contributed by atoms with Crippen LogP contribution in [0, 0.1) is 0 Å². The van der Waals surface area contributed by atoms with Gasteiger partial charge in [-0.25, -0.2) is 0 Å². The van der Waals surface area contributed by atoms with Gasteiger partial charge in [0.15, 0.2) is 0 Å². The highest BCUT2D eigenvalue weighted by Gasteiger charge is 2.07. The largest absolute Gasteiger partial charge is 0.0654 e. The molecule has 0 radical (unpaired) electrons. The molecule has 114 valence electrons. The zero-order valence-corrected chi connectivity index (χ0v) is 14.0. The van der Waals surface area contributed by atoms with Crippen LogP contribution in [-0.2, 0) is 19.3 Å².